The Kier molecular flexibility index (Phi) is 5.60. The Morgan fingerprint density at radius 3 is 2.56 bits per heavy atom. The van der Waals surface area contributed by atoms with E-state index in [0.717, 1.165) is 22.4 Å². The molecule has 0 aliphatic carbocycles. The summed E-state index contributed by atoms with van der Waals surface area (Å²) in [6.45, 7) is 1.97. The number of amides is 2. The Bertz CT molecular complexity index is 875. The van der Waals surface area contributed by atoms with Gasteiger partial charge in [0.15, 0.2) is 0 Å². The molecule has 0 spiro atoms. The molecule has 1 aliphatic rings. The molecule has 0 fully saturated rings. The number of carbonyl (C=O) groups is 2. The summed E-state index contributed by atoms with van der Waals surface area (Å²) in [4.78, 5) is 28.3. The third-order valence-electron chi connectivity index (χ3n) is 4.86. The van der Waals surface area contributed by atoms with Gasteiger partial charge in [-0.1, -0.05) is 42.5 Å². The number of para-hydroxylation sites is 1. The van der Waals surface area contributed by atoms with E-state index in [1.807, 2.05) is 54.6 Å². The van der Waals surface area contributed by atoms with Gasteiger partial charge in [0.25, 0.3) is 0 Å². The number of hydrogen-bond donors (Lipinski definition) is 0. The van der Waals surface area contributed by atoms with Crippen LogP contribution < -0.4 is 4.74 Å². The molecule has 2 aromatic rings. The molecule has 0 saturated heterocycles. The lowest BCUT2D eigenvalue weighted by Gasteiger charge is -2.33. The van der Waals surface area contributed by atoms with Crippen molar-refractivity contribution in [3.63, 3.8) is 0 Å². The molecule has 0 N–H and O–H groups in total. The topological polar surface area (TPSA) is 49.9 Å². The lowest BCUT2D eigenvalue weighted by Crippen LogP contribution is -2.35. The summed E-state index contributed by atoms with van der Waals surface area (Å²) in [7, 11) is 3.40. The highest BCUT2D eigenvalue weighted by molar-refractivity contribution is 5.81. The van der Waals surface area contributed by atoms with Crippen LogP contribution in [-0.4, -0.2) is 35.8 Å². The third-order valence-corrected chi connectivity index (χ3v) is 4.86. The Balaban J connectivity index is 1.78. The number of carbonyl (C=O) groups excluding carboxylic acids is 2. The number of ether oxygens (including phenoxy) is 1. The minimum absolute atomic E-state index is 0.0257. The van der Waals surface area contributed by atoms with E-state index < -0.39 is 0 Å². The zero-order chi connectivity index (χ0) is 19.4. The van der Waals surface area contributed by atoms with Gasteiger partial charge in [-0.2, -0.15) is 0 Å². The number of fused-ring (bicyclic) bond motifs is 1. The molecule has 2 aromatic carbocycles. The summed E-state index contributed by atoms with van der Waals surface area (Å²) >= 11 is 0. The van der Waals surface area contributed by atoms with Gasteiger partial charge < -0.3 is 14.5 Å². The number of hydrogen-bond acceptors (Lipinski definition) is 3. The molecule has 1 atom stereocenters. The van der Waals surface area contributed by atoms with Gasteiger partial charge in [0, 0.05) is 32.3 Å². The molecule has 5 nitrogen and oxygen atoms in total. The molecule has 0 saturated carbocycles. The fraction of sp³-hybridized carbons (Fsp3) is 0.273. The first kappa shape index (κ1) is 18.7. The molecule has 0 aromatic heterocycles. The monoisotopic (exact) mass is 364 g/mol. The fourth-order valence-electron chi connectivity index (χ4n) is 3.41. The van der Waals surface area contributed by atoms with Gasteiger partial charge >= 0.3 is 0 Å². The van der Waals surface area contributed by atoms with Crippen LogP contribution in [0.2, 0.25) is 0 Å². The molecule has 140 valence electrons. The van der Waals surface area contributed by atoms with Crippen LogP contribution in [0.25, 0.3) is 6.08 Å². The quantitative estimate of drug-likeness (QED) is 0.814. The highest BCUT2D eigenvalue weighted by Gasteiger charge is 2.29. The van der Waals surface area contributed by atoms with Gasteiger partial charge in [-0.3, -0.25) is 9.59 Å². The van der Waals surface area contributed by atoms with Gasteiger partial charge in [-0.05, 0) is 23.3 Å². The Morgan fingerprint density at radius 1 is 1.11 bits per heavy atom. The molecular weight excluding hydrogens is 340 g/mol. The van der Waals surface area contributed by atoms with Crippen LogP contribution in [0.3, 0.4) is 0 Å². The van der Waals surface area contributed by atoms with Crippen molar-refractivity contribution in [1.29, 1.82) is 0 Å². The summed E-state index contributed by atoms with van der Waals surface area (Å²) in [5.74, 6) is 0.654. The second-order valence-electron chi connectivity index (χ2n) is 6.65. The van der Waals surface area contributed by atoms with E-state index in [0.29, 0.717) is 6.54 Å². The Hall–Kier alpha value is -3.08. The molecule has 1 aliphatic heterocycles. The highest BCUT2D eigenvalue weighted by Crippen LogP contribution is 2.33. The van der Waals surface area contributed by atoms with Crippen LogP contribution >= 0.6 is 0 Å². The highest BCUT2D eigenvalue weighted by atomic mass is 16.5. The van der Waals surface area contributed by atoms with Crippen molar-refractivity contribution >= 4 is 17.9 Å². The van der Waals surface area contributed by atoms with Crippen molar-refractivity contribution in [3.05, 3.63) is 71.4 Å². The largest absolute Gasteiger partial charge is 0.496 e. The second-order valence-corrected chi connectivity index (χ2v) is 6.65. The van der Waals surface area contributed by atoms with Crippen LogP contribution in [0.1, 0.15) is 36.1 Å². The van der Waals surface area contributed by atoms with Gasteiger partial charge in [-0.15, -0.1) is 0 Å². The first-order chi connectivity index (χ1) is 13.0. The smallest absolute Gasteiger partial charge is 0.225 e. The van der Waals surface area contributed by atoms with Crippen LogP contribution in [0.4, 0.5) is 0 Å². The van der Waals surface area contributed by atoms with E-state index in [9.17, 15) is 9.59 Å². The lowest BCUT2D eigenvalue weighted by atomic mass is 9.93. The second kappa shape index (κ2) is 8.08. The fourth-order valence-corrected chi connectivity index (χ4v) is 3.41. The van der Waals surface area contributed by atoms with Crippen molar-refractivity contribution in [2.75, 3.05) is 14.2 Å². The maximum atomic E-state index is 12.9. The average molecular weight is 364 g/mol. The van der Waals surface area contributed by atoms with Crippen LogP contribution in [0.15, 0.2) is 54.7 Å². The summed E-state index contributed by atoms with van der Waals surface area (Å²) in [5, 5.41) is 0. The molecule has 0 bridgehead atoms. The van der Waals surface area contributed by atoms with Crippen LogP contribution in [0, 0.1) is 0 Å². The van der Waals surface area contributed by atoms with E-state index in [2.05, 4.69) is 0 Å². The summed E-state index contributed by atoms with van der Waals surface area (Å²) in [6, 6.07) is 15.2. The Labute approximate surface area is 159 Å². The SMILES string of the molecule is COc1ccccc1CN(C)C(=O)C[C@@H]1c2ccccc2C=CN1C(C)=O. The molecule has 0 unspecified atom stereocenters. The summed E-state index contributed by atoms with van der Waals surface area (Å²) in [6.07, 6.45) is 3.91. The number of nitrogens with zero attached hydrogens (tertiary/aromatic N) is 2. The van der Waals surface area contributed by atoms with Crippen molar-refractivity contribution in [2.24, 2.45) is 0 Å². The maximum absolute atomic E-state index is 12.9. The van der Waals surface area contributed by atoms with Crippen molar-refractivity contribution in [3.8, 4) is 5.75 Å². The first-order valence-corrected chi connectivity index (χ1v) is 8.93. The predicted octanol–water partition coefficient (Wildman–Crippen LogP) is 3.62. The lowest BCUT2D eigenvalue weighted by molar-refractivity contribution is -0.134. The standard InChI is InChI=1S/C22H24N2O3/c1-16(25)24-13-12-17-8-4-6-10-19(17)20(24)14-22(26)23(2)15-18-9-5-7-11-21(18)27-3/h4-13,20H,14-15H2,1-3H3/t20-/m1/s1. The first-order valence-electron chi connectivity index (χ1n) is 8.93. The molecule has 3 rings (SSSR count). The van der Waals surface area contributed by atoms with Crippen LogP contribution in [0.5, 0.6) is 5.75 Å². The van der Waals surface area contributed by atoms with Crippen molar-refractivity contribution in [2.45, 2.75) is 25.9 Å². The molecule has 5 heteroatoms. The van der Waals surface area contributed by atoms with E-state index in [4.69, 9.17) is 4.74 Å². The minimum atomic E-state index is -0.295. The third kappa shape index (κ3) is 4.03. The normalized spacial score (nSPS) is 15.2. The number of benzene rings is 2. The predicted molar refractivity (Wildman–Crippen MR) is 105 cm³/mol. The van der Waals surface area contributed by atoms with E-state index >= 15 is 0 Å². The van der Waals surface area contributed by atoms with Crippen LogP contribution in [-0.2, 0) is 16.1 Å². The molecule has 1 heterocycles. The van der Waals surface area contributed by atoms with Gasteiger partial charge in [0.2, 0.25) is 11.8 Å². The van der Waals surface area contributed by atoms with E-state index in [-0.39, 0.29) is 24.3 Å². The average Bonchev–Trinajstić information content (AvgIpc) is 2.68. The van der Waals surface area contributed by atoms with E-state index in [1.54, 1.807) is 30.2 Å². The zero-order valence-corrected chi connectivity index (χ0v) is 15.9. The number of methoxy groups -OCH3 is 1. The van der Waals surface area contributed by atoms with E-state index in [1.165, 1.54) is 6.92 Å². The van der Waals surface area contributed by atoms with Crippen molar-refractivity contribution in [1.82, 2.24) is 9.80 Å². The van der Waals surface area contributed by atoms with Gasteiger partial charge in [0.1, 0.15) is 5.75 Å². The molecule has 27 heavy (non-hydrogen) atoms. The molecular formula is C22H24N2O3. The minimum Gasteiger partial charge on any atom is -0.496 e. The summed E-state index contributed by atoms with van der Waals surface area (Å²) < 4.78 is 5.37. The van der Waals surface area contributed by atoms with Gasteiger partial charge in [-0.25, -0.2) is 0 Å². The Morgan fingerprint density at radius 2 is 1.81 bits per heavy atom. The number of rotatable bonds is 5. The maximum Gasteiger partial charge on any atom is 0.225 e. The zero-order valence-electron chi connectivity index (χ0n) is 15.9. The van der Waals surface area contributed by atoms with Crippen molar-refractivity contribution < 1.29 is 14.3 Å². The van der Waals surface area contributed by atoms with Gasteiger partial charge in [0.05, 0.1) is 19.6 Å². The molecule has 0 radical (unpaired) electrons. The molecule has 2 amide bonds. The summed E-state index contributed by atoms with van der Waals surface area (Å²) in [5.41, 5.74) is 2.98.